The van der Waals surface area contributed by atoms with Crippen molar-refractivity contribution in [3.05, 3.63) is 22.2 Å². The van der Waals surface area contributed by atoms with E-state index in [1.54, 1.807) is 13.0 Å². The van der Waals surface area contributed by atoms with Crippen LogP contribution < -0.4 is 4.74 Å². The molecule has 0 heterocycles. The Morgan fingerprint density at radius 3 is 2.61 bits per heavy atom. The smallest absolute Gasteiger partial charge is 0.304 e. The Balaban J connectivity index is 2.50. The zero-order valence-corrected chi connectivity index (χ0v) is 11.0. The molecule has 2 rings (SSSR count). The third-order valence-electron chi connectivity index (χ3n) is 3.56. The van der Waals surface area contributed by atoms with Crippen molar-refractivity contribution in [2.45, 2.75) is 31.6 Å². The minimum absolute atomic E-state index is 0.0165. The highest BCUT2D eigenvalue weighted by Crippen LogP contribution is 2.56. The molecule has 0 aromatic heterocycles. The van der Waals surface area contributed by atoms with Crippen molar-refractivity contribution in [2.24, 2.45) is 0 Å². The van der Waals surface area contributed by atoms with Gasteiger partial charge in [0.25, 0.3) is 0 Å². The van der Waals surface area contributed by atoms with Gasteiger partial charge < -0.3 is 14.9 Å². The number of aliphatic carboxylic acids is 1. The summed E-state index contributed by atoms with van der Waals surface area (Å²) in [6.45, 7) is 1.71. The van der Waals surface area contributed by atoms with Gasteiger partial charge >= 0.3 is 5.97 Å². The average molecular weight is 271 g/mol. The van der Waals surface area contributed by atoms with Gasteiger partial charge in [0.15, 0.2) is 0 Å². The molecule has 1 saturated carbocycles. The Morgan fingerprint density at radius 2 is 2.17 bits per heavy atom. The minimum Gasteiger partial charge on any atom is -0.507 e. The molecule has 0 amide bonds. The fraction of sp³-hybridized carbons (Fsp3) is 0.462. The first-order chi connectivity index (χ1) is 8.41. The fourth-order valence-electron chi connectivity index (χ4n) is 2.39. The predicted molar refractivity (Wildman–Crippen MR) is 67.6 cm³/mol. The molecule has 0 aliphatic heterocycles. The number of benzene rings is 1. The summed E-state index contributed by atoms with van der Waals surface area (Å²) in [5.74, 6) is -0.337. The molecule has 1 fully saturated rings. The third-order valence-corrected chi connectivity index (χ3v) is 3.84. The zero-order chi connectivity index (χ0) is 13.5. The summed E-state index contributed by atoms with van der Waals surface area (Å²) < 4.78 is 5.12. The maximum Gasteiger partial charge on any atom is 0.304 e. The highest BCUT2D eigenvalue weighted by molar-refractivity contribution is 6.32. The molecule has 0 atom stereocenters. The Morgan fingerprint density at radius 1 is 1.56 bits per heavy atom. The van der Waals surface area contributed by atoms with Crippen LogP contribution in [0, 0.1) is 6.92 Å². The topological polar surface area (TPSA) is 66.8 Å². The lowest BCUT2D eigenvalue weighted by Gasteiger charge is -2.19. The number of ether oxygens (including phenoxy) is 1. The monoisotopic (exact) mass is 270 g/mol. The Bertz CT molecular complexity index is 506. The van der Waals surface area contributed by atoms with Crippen molar-refractivity contribution in [1.82, 2.24) is 0 Å². The van der Waals surface area contributed by atoms with Gasteiger partial charge in [-0.1, -0.05) is 11.6 Å². The molecule has 1 aromatic carbocycles. The number of hydrogen-bond donors (Lipinski definition) is 2. The van der Waals surface area contributed by atoms with Crippen molar-refractivity contribution in [1.29, 1.82) is 0 Å². The van der Waals surface area contributed by atoms with E-state index in [1.807, 2.05) is 0 Å². The number of methoxy groups -OCH3 is 1. The van der Waals surface area contributed by atoms with Crippen LogP contribution in [0.4, 0.5) is 0 Å². The molecule has 0 radical (unpaired) electrons. The van der Waals surface area contributed by atoms with Gasteiger partial charge in [0.1, 0.15) is 11.5 Å². The van der Waals surface area contributed by atoms with Crippen LogP contribution in [0.5, 0.6) is 11.5 Å². The number of carboxylic acids is 1. The number of phenols is 1. The van der Waals surface area contributed by atoms with Crippen LogP contribution in [-0.2, 0) is 10.2 Å². The van der Waals surface area contributed by atoms with E-state index in [2.05, 4.69) is 0 Å². The lowest BCUT2D eigenvalue weighted by molar-refractivity contribution is -0.137. The van der Waals surface area contributed by atoms with E-state index in [0.717, 1.165) is 12.8 Å². The van der Waals surface area contributed by atoms with Gasteiger partial charge in [0.2, 0.25) is 0 Å². The molecule has 98 valence electrons. The van der Waals surface area contributed by atoms with Gasteiger partial charge in [-0.15, -0.1) is 0 Å². The lowest BCUT2D eigenvalue weighted by atomic mass is 9.90. The van der Waals surface area contributed by atoms with Crippen LogP contribution in [0.15, 0.2) is 6.07 Å². The molecule has 18 heavy (non-hydrogen) atoms. The zero-order valence-electron chi connectivity index (χ0n) is 10.3. The summed E-state index contributed by atoms with van der Waals surface area (Å²) in [4.78, 5) is 10.9. The molecule has 2 N–H and O–H groups in total. The Kier molecular flexibility index (Phi) is 3.15. The van der Waals surface area contributed by atoms with Crippen molar-refractivity contribution < 1.29 is 19.7 Å². The quantitative estimate of drug-likeness (QED) is 0.883. The van der Waals surface area contributed by atoms with E-state index in [0.29, 0.717) is 21.9 Å². The highest BCUT2D eigenvalue weighted by Gasteiger charge is 2.48. The van der Waals surface area contributed by atoms with Crippen molar-refractivity contribution in [2.75, 3.05) is 7.11 Å². The second kappa shape index (κ2) is 4.35. The number of carbonyl (C=O) groups is 1. The first-order valence-electron chi connectivity index (χ1n) is 5.69. The molecule has 0 unspecified atom stereocenters. The third kappa shape index (κ3) is 2.01. The summed E-state index contributed by atoms with van der Waals surface area (Å²) in [6.07, 6.45) is 1.53. The Hall–Kier alpha value is -1.42. The van der Waals surface area contributed by atoms with E-state index < -0.39 is 11.4 Å². The largest absolute Gasteiger partial charge is 0.507 e. The van der Waals surface area contributed by atoms with Crippen LogP contribution in [-0.4, -0.2) is 23.3 Å². The normalized spacial score (nSPS) is 16.4. The number of phenolic OH excluding ortho intramolecular Hbond substituents is 1. The van der Waals surface area contributed by atoms with Gasteiger partial charge in [0.05, 0.1) is 18.6 Å². The summed E-state index contributed by atoms with van der Waals surface area (Å²) in [5.41, 5.74) is 0.709. The minimum atomic E-state index is -0.864. The first-order valence-corrected chi connectivity index (χ1v) is 6.07. The summed E-state index contributed by atoms with van der Waals surface area (Å²) in [7, 11) is 1.48. The van der Waals surface area contributed by atoms with Gasteiger partial charge in [-0.2, -0.15) is 0 Å². The molecule has 0 saturated heterocycles. The van der Waals surface area contributed by atoms with Crippen molar-refractivity contribution in [3.8, 4) is 11.5 Å². The molecule has 1 aliphatic rings. The molecular formula is C13H15ClO4. The molecule has 1 aromatic rings. The SMILES string of the molecule is COc1c(Cl)cc(C2(CC(=O)O)CC2)c(O)c1C. The maximum atomic E-state index is 10.9. The maximum absolute atomic E-state index is 10.9. The molecular weight excluding hydrogens is 256 g/mol. The van der Waals surface area contributed by atoms with Crippen LogP contribution in [0.25, 0.3) is 0 Å². The molecule has 1 aliphatic carbocycles. The lowest BCUT2D eigenvalue weighted by Crippen LogP contribution is -2.13. The summed E-state index contributed by atoms with van der Waals surface area (Å²) in [6, 6.07) is 1.62. The first kappa shape index (κ1) is 13.0. The second-order valence-electron chi connectivity index (χ2n) is 4.76. The van der Waals surface area contributed by atoms with Gasteiger partial charge in [-0.25, -0.2) is 0 Å². The highest BCUT2D eigenvalue weighted by atomic mass is 35.5. The van der Waals surface area contributed by atoms with E-state index in [4.69, 9.17) is 21.4 Å². The molecule has 0 bridgehead atoms. The van der Waals surface area contributed by atoms with Gasteiger partial charge in [0, 0.05) is 16.5 Å². The van der Waals surface area contributed by atoms with E-state index >= 15 is 0 Å². The molecule has 5 heteroatoms. The number of aromatic hydroxyl groups is 1. The van der Waals surface area contributed by atoms with Crippen LogP contribution in [0.3, 0.4) is 0 Å². The van der Waals surface area contributed by atoms with E-state index in [9.17, 15) is 9.90 Å². The molecule has 4 nitrogen and oxygen atoms in total. The van der Waals surface area contributed by atoms with Crippen LogP contribution >= 0.6 is 11.6 Å². The van der Waals surface area contributed by atoms with Crippen molar-refractivity contribution >= 4 is 17.6 Å². The predicted octanol–water partition coefficient (Wildman–Crippen LogP) is 2.87. The number of halogens is 1. The van der Waals surface area contributed by atoms with E-state index in [-0.39, 0.29) is 12.2 Å². The van der Waals surface area contributed by atoms with E-state index in [1.165, 1.54) is 7.11 Å². The van der Waals surface area contributed by atoms with Crippen LogP contribution in [0.2, 0.25) is 5.02 Å². The summed E-state index contributed by atoms with van der Waals surface area (Å²) >= 11 is 6.09. The number of carboxylic acid groups (broad SMARTS) is 1. The Labute approximate surface area is 110 Å². The standard InChI is InChI=1S/C13H15ClO4/c1-7-11(17)8(5-9(14)12(7)18-2)13(3-4-13)6-10(15)16/h5,17H,3-4,6H2,1-2H3,(H,15,16). The fourth-order valence-corrected chi connectivity index (χ4v) is 2.71. The number of rotatable bonds is 4. The van der Waals surface area contributed by atoms with Gasteiger partial charge in [-0.3, -0.25) is 4.79 Å². The summed E-state index contributed by atoms with van der Waals surface area (Å²) in [5, 5.41) is 19.5. The number of hydrogen-bond acceptors (Lipinski definition) is 3. The van der Waals surface area contributed by atoms with Crippen molar-refractivity contribution in [3.63, 3.8) is 0 Å². The van der Waals surface area contributed by atoms with Gasteiger partial charge in [-0.05, 0) is 25.8 Å². The average Bonchev–Trinajstić information content (AvgIpc) is 3.04. The second-order valence-corrected chi connectivity index (χ2v) is 5.17. The molecule has 0 spiro atoms. The van der Waals surface area contributed by atoms with Crippen LogP contribution in [0.1, 0.15) is 30.4 Å².